The van der Waals surface area contributed by atoms with Crippen molar-refractivity contribution in [3.8, 4) is 0 Å². The molecule has 0 heterocycles. The molecule has 0 aliphatic carbocycles. The average Bonchev–Trinajstić information content (AvgIpc) is 2.36. The highest BCUT2D eigenvalue weighted by atomic mass is 16.5. The average molecular weight is 280 g/mol. The van der Waals surface area contributed by atoms with Gasteiger partial charge in [0, 0.05) is 5.92 Å². The minimum atomic E-state index is -0.587. The molecule has 116 valence electrons. The molecular formula is C13H28O6. The van der Waals surface area contributed by atoms with Crippen LogP contribution in [0, 0.1) is 11.3 Å². The molecule has 0 aromatic heterocycles. The second-order valence-electron chi connectivity index (χ2n) is 5.70. The summed E-state index contributed by atoms with van der Waals surface area (Å²) in [5.74, 6) is 0.0219. The summed E-state index contributed by atoms with van der Waals surface area (Å²) in [4.78, 5) is 0. The van der Waals surface area contributed by atoms with Gasteiger partial charge >= 0.3 is 0 Å². The number of aliphatic hydroxyl groups excluding tert-OH is 4. The zero-order valence-electron chi connectivity index (χ0n) is 12.1. The van der Waals surface area contributed by atoms with Gasteiger partial charge in [-0.25, -0.2) is 0 Å². The second kappa shape index (κ2) is 9.63. The first-order valence-electron chi connectivity index (χ1n) is 6.55. The molecule has 0 saturated heterocycles. The van der Waals surface area contributed by atoms with Crippen molar-refractivity contribution in [1.82, 2.24) is 0 Å². The Morgan fingerprint density at radius 2 is 1.05 bits per heavy atom. The Bertz CT molecular complexity index is 192. The molecule has 0 aliphatic heterocycles. The highest BCUT2D eigenvalue weighted by Gasteiger charge is 2.27. The Morgan fingerprint density at radius 1 is 0.737 bits per heavy atom. The molecule has 4 N–H and O–H groups in total. The van der Waals surface area contributed by atoms with Crippen LogP contribution < -0.4 is 0 Å². The number of rotatable bonds is 10. The quantitative estimate of drug-likeness (QED) is 0.426. The van der Waals surface area contributed by atoms with Crippen molar-refractivity contribution >= 4 is 0 Å². The minimum absolute atomic E-state index is 0.0219. The van der Waals surface area contributed by atoms with E-state index in [0.29, 0.717) is 13.2 Å². The molecule has 19 heavy (non-hydrogen) atoms. The summed E-state index contributed by atoms with van der Waals surface area (Å²) in [5.41, 5.74) is -0.0923. The highest BCUT2D eigenvalue weighted by molar-refractivity contribution is 4.75. The van der Waals surface area contributed by atoms with E-state index >= 15 is 0 Å². The Kier molecular flexibility index (Phi) is 9.51. The van der Waals surface area contributed by atoms with Gasteiger partial charge in [-0.1, -0.05) is 20.8 Å². The van der Waals surface area contributed by atoms with Crippen LogP contribution in [0.4, 0.5) is 0 Å². The summed E-state index contributed by atoms with van der Waals surface area (Å²) < 4.78 is 10.8. The predicted octanol–water partition coefficient (Wildman–Crippen LogP) is -0.612. The van der Waals surface area contributed by atoms with E-state index in [1.54, 1.807) is 0 Å². The summed E-state index contributed by atoms with van der Waals surface area (Å²) >= 11 is 0. The molecule has 0 aromatic carbocycles. The molecule has 0 unspecified atom stereocenters. The molecule has 0 aliphatic rings. The van der Waals surface area contributed by atoms with Crippen LogP contribution in [0.25, 0.3) is 0 Å². The largest absolute Gasteiger partial charge is 0.394 e. The number of ether oxygens (including phenoxy) is 2. The Hall–Kier alpha value is -0.240. The normalized spacial score (nSPS) is 12.9. The lowest BCUT2D eigenvalue weighted by molar-refractivity contribution is -0.0892. The van der Waals surface area contributed by atoms with Crippen molar-refractivity contribution in [1.29, 1.82) is 0 Å². The van der Waals surface area contributed by atoms with Crippen LogP contribution in [0.1, 0.15) is 20.8 Å². The molecule has 6 heteroatoms. The Labute approximate surface area is 115 Å². The SMILES string of the molecule is CC(C)(C)C(COC(CO)CO)COC(CO)CO. The Balaban J connectivity index is 4.32. The maximum atomic E-state index is 8.95. The Morgan fingerprint density at radius 3 is 1.26 bits per heavy atom. The van der Waals surface area contributed by atoms with Gasteiger partial charge in [-0.2, -0.15) is 0 Å². The summed E-state index contributed by atoms with van der Waals surface area (Å²) in [5, 5.41) is 35.8. The second-order valence-corrected chi connectivity index (χ2v) is 5.70. The van der Waals surface area contributed by atoms with Crippen molar-refractivity contribution in [3.63, 3.8) is 0 Å². The van der Waals surface area contributed by atoms with E-state index in [4.69, 9.17) is 29.9 Å². The number of aliphatic hydroxyl groups is 4. The maximum Gasteiger partial charge on any atom is 0.104 e. The lowest BCUT2D eigenvalue weighted by Crippen LogP contribution is -2.35. The van der Waals surface area contributed by atoms with E-state index in [-0.39, 0.29) is 37.8 Å². The third kappa shape index (κ3) is 7.81. The van der Waals surface area contributed by atoms with Crippen LogP contribution in [-0.4, -0.2) is 72.3 Å². The van der Waals surface area contributed by atoms with E-state index < -0.39 is 12.2 Å². The molecule has 6 nitrogen and oxygen atoms in total. The van der Waals surface area contributed by atoms with Gasteiger partial charge in [0.05, 0.1) is 39.6 Å². The molecule has 0 spiro atoms. The molecule has 0 rings (SSSR count). The first-order valence-corrected chi connectivity index (χ1v) is 6.55. The van der Waals surface area contributed by atoms with Crippen molar-refractivity contribution < 1.29 is 29.9 Å². The van der Waals surface area contributed by atoms with Crippen molar-refractivity contribution in [2.75, 3.05) is 39.6 Å². The lowest BCUT2D eigenvalue weighted by atomic mass is 9.82. The lowest BCUT2D eigenvalue weighted by Gasteiger charge is -2.32. The van der Waals surface area contributed by atoms with E-state index in [9.17, 15) is 0 Å². The van der Waals surface area contributed by atoms with Gasteiger partial charge in [0.15, 0.2) is 0 Å². The summed E-state index contributed by atoms with van der Waals surface area (Å²) in [6, 6.07) is 0. The van der Waals surface area contributed by atoms with E-state index in [2.05, 4.69) is 0 Å². The van der Waals surface area contributed by atoms with E-state index in [0.717, 1.165) is 0 Å². The fourth-order valence-electron chi connectivity index (χ4n) is 1.38. The zero-order valence-corrected chi connectivity index (χ0v) is 12.1. The van der Waals surface area contributed by atoms with Crippen molar-refractivity contribution in [3.05, 3.63) is 0 Å². The van der Waals surface area contributed by atoms with Gasteiger partial charge in [0.1, 0.15) is 12.2 Å². The van der Waals surface area contributed by atoms with Gasteiger partial charge < -0.3 is 29.9 Å². The van der Waals surface area contributed by atoms with Crippen LogP contribution in [0.5, 0.6) is 0 Å². The first kappa shape index (κ1) is 18.8. The summed E-state index contributed by atoms with van der Waals surface area (Å²) in [6.07, 6.45) is -1.17. The fraction of sp³-hybridized carbons (Fsp3) is 1.00. The zero-order chi connectivity index (χ0) is 14.9. The van der Waals surface area contributed by atoms with Crippen LogP contribution in [0.2, 0.25) is 0 Å². The van der Waals surface area contributed by atoms with Gasteiger partial charge in [-0.3, -0.25) is 0 Å². The number of hydrogen-bond acceptors (Lipinski definition) is 6. The summed E-state index contributed by atoms with van der Waals surface area (Å²) in [7, 11) is 0. The number of hydrogen-bond donors (Lipinski definition) is 4. The molecule has 0 amide bonds. The van der Waals surface area contributed by atoms with Crippen LogP contribution >= 0.6 is 0 Å². The molecule has 0 atom stereocenters. The fourth-order valence-corrected chi connectivity index (χ4v) is 1.38. The molecule has 0 fully saturated rings. The van der Waals surface area contributed by atoms with Crippen molar-refractivity contribution in [2.24, 2.45) is 11.3 Å². The molecular weight excluding hydrogens is 252 g/mol. The van der Waals surface area contributed by atoms with Crippen LogP contribution in [0.3, 0.4) is 0 Å². The van der Waals surface area contributed by atoms with Gasteiger partial charge in [0.25, 0.3) is 0 Å². The predicted molar refractivity (Wildman–Crippen MR) is 70.8 cm³/mol. The first-order chi connectivity index (χ1) is 8.88. The minimum Gasteiger partial charge on any atom is -0.394 e. The maximum absolute atomic E-state index is 8.95. The van der Waals surface area contributed by atoms with Crippen LogP contribution in [0.15, 0.2) is 0 Å². The highest BCUT2D eigenvalue weighted by Crippen LogP contribution is 2.27. The third-order valence-electron chi connectivity index (χ3n) is 3.11. The standard InChI is InChI=1S/C13H28O6/c1-13(2,3)10(8-18-11(4-14)5-15)9-19-12(6-16)7-17/h10-12,14-17H,4-9H2,1-3H3. The molecule has 0 radical (unpaired) electrons. The molecule has 0 bridgehead atoms. The van der Waals surface area contributed by atoms with Gasteiger partial charge in [0.2, 0.25) is 0 Å². The van der Waals surface area contributed by atoms with E-state index in [1.165, 1.54) is 0 Å². The monoisotopic (exact) mass is 280 g/mol. The van der Waals surface area contributed by atoms with Gasteiger partial charge in [-0.15, -0.1) is 0 Å². The summed E-state index contributed by atoms with van der Waals surface area (Å²) in [6.45, 7) is 5.83. The van der Waals surface area contributed by atoms with Crippen molar-refractivity contribution in [2.45, 2.75) is 33.0 Å². The topological polar surface area (TPSA) is 99.4 Å². The van der Waals surface area contributed by atoms with Crippen LogP contribution in [-0.2, 0) is 9.47 Å². The third-order valence-corrected chi connectivity index (χ3v) is 3.11. The van der Waals surface area contributed by atoms with E-state index in [1.807, 2.05) is 20.8 Å². The molecule has 0 aromatic rings. The molecule has 0 saturated carbocycles. The van der Waals surface area contributed by atoms with Gasteiger partial charge in [-0.05, 0) is 5.41 Å². The smallest absolute Gasteiger partial charge is 0.104 e.